The lowest BCUT2D eigenvalue weighted by molar-refractivity contribution is 0.0935. The number of rotatable bonds is 3. The van der Waals surface area contributed by atoms with Gasteiger partial charge in [-0.2, -0.15) is 0 Å². The Morgan fingerprint density at radius 2 is 2.27 bits per heavy atom. The molecule has 1 heterocycles. The molecule has 1 amide bonds. The van der Waals surface area contributed by atoms with Gasteiger partial charge in [0.1, 0.15) is 4.88 Å². The first-order chi connectivity index (χ1) is 6.84. The Morgan fingerprint density at radius 3 is 2.67 bits per heavy atom. The SMILES string of the molecule is CC(C)(NC(=O)c1sccc1Br)C(N)=S. The van der Waals surface area contributed by atoms with E-state index < -0.39 is 5.54 Å². The Bertz CT molecular complexity index is 401. The third-order valence-corrected chi connectivity index (χ3v) is 4.21. The summed E-state index contributed by atoms with van der Waals surface area (Å²) in [4.78, 5) is 12.7. The van der Waals surface area contributed by atoms with Crippen molar-refractivity contribution in [1.82, 2.24) is 5.32 Å². The van der Waals surface area contributed by atoms with Crippen LogP contribution in [0.2, 0.25) is 0 Å². The van der Waals surface area contributed by atoms with E-state index in [1.54, 1.807) is 13.8 Å². The number of carbonyl (C=O) groups excluding carboxylic acids is 1. The van der Waals surface area contributed by atoms with Gasteiger partial charge in [-0.3, -0.25) is 4.79 Å². The van der Waals surface area contributed by atoms with Crippen LogP contribution in [-0.2, 0) is 0 Å². The summed E-state index contributed by atoms with van der Waals surface area (Å²) in [5.41, 5.74) is 4.85. The summed E-state index contributed by atoms with van der Waals surface area (Å²) in [6.07, 6.45) is 0. The van der Waals surface area contributed by atoms with Crippen LogP contribution in [0.25, 0.3) is 0 Å². The van der Waals surface area contributed by atoms with Crippen molar-refractivity contribution in [1.29, 1.82) is 0 Å². The van der Waals surface area contributed by atoms with Gasteiger partial charge in [0, 0.05) is 4.47 Å². The fourth-order valence-electron chi connectivity index (χ4n) is 0.858. The summed E-state index contributed by atoms with van der Waals surface area (Å²) in [6, 6.07) is 1.83. The van der Waals surface area contributed by atoms with Crippen LogP contribution in [0.1, 0.15) is 23.5 Å². The minimum atomic E-state index is -0.671. The molecule has 1 rings (SSSR count). The predicted molar refractivity (Wildman–Crippen MR) is 70.3 cm³/mol. The van der Waals surface area contributed by atoms with Crippen molar-refractivity contribution in [2.75, 3.05) is 0 Å². The number of nitrogens with two attached hydrogens (primary N) is 1. The molecule has 0 aliphatic heterocycles. The van der Waals surface area contributed by atoms with E-state index >= 15 is 0 Å². The van der Waals surface area contributed by atoms with E-state index in [-0.39, 0.29) is 10.9 Å². The van der Waals surface area contributed by atoms with Crippen molar-refractivity contribution in [2.24, 2.45) is 5.73 Å². The first-order valence-electron chi connectivity index (χ1n) is 4.20. The minimum absolute atomic E-state index is 0.172. The van der Waals surface area contributed by atoms with E-state index in [2.05, 4.69) is 21.2 Å². The van der Waals surface area contributed by atoms with Gasteiger partial charge in [0.15, 0.2) is 0 Å². The van der Waals surface area contributed by atoms with Crippen molar-refractivity contribution in [3.63, 3.8) is 0 Å². The van der Waals surface area contributed by atoms with Crippen LogP contribution in [0.15, 0.2) is 15.9 Å². The number of halogens is 1. The zero-order valence-electron chi connectivity index (χ0n) is 8.33. The maximum Gasteiger partial charge on any atom is 0.263 e. The number of amides is 1. The van der Waals surface area contributed by atoms with Crippen LogP contribution >= 0.6 is 39.5 Å². The zero-order valence-corrected chi connectivity index (χ0v) is 11.6. The second kappa shape index (κ2) is 4.59. The molecule has 0 bridgehead atoms. The molecule has 0 saturated heterocycles. The zero-order chi connectivity index (χ0) is 11.6. The lowest BCUT2D eigenvalue weighted by Crippen LogP contribution is -2.52. The standard InChI is InChI=1S/C9H11BrN2OS2/c1-9(2,8(11)14)12-7(13)6-5(10)3-4-15-6/h3-4H,1-2H3,(H2,11,14)(H,12,13). The van der Waals surface area contributed by atoms with Gasteiger partial charge in [-0.25, -0.2) is 0 Å². The van der Waals surface area contributed by atoms with Crippen molar-refractivity contribution < 1.29 is 4.79 Å². The van der Waals surface area contributed by atoms with Gasteiger partial charge in [0.2, 0.25) is 0 Å². The van der Waals surface area contributed by atoms with Gasteiger partial charge in [-0.15, -0.1) is 11.3 Å². The van der Waals surface area contributed by atoms with Crippen LogP contribution in [-0.4, -0.2) is 16.4 Å². The Morgan fingerprint density at radius 1 is 1.67 bits per heavy atom. The molecule has 3 N–H and O–H groups in total. The highest BCUT2D eigenvalue weighted by Gasteiger charge is 2.25. The summed E-state index contributed by atoms with van der Waals surface area (Å²) in [6.45, 7) is 3.55. The summed E-state index contributed by atoms with van der Waals surface area (Å²) >= 11 is 9.53. The van der Waals surface area contributed by atoms with Gasteiger partial charge in [-0.1, -0.05) is 12.2 Å². The highest BCUT2D eigenvalue weighted by atomic mass is 79.9. The monoisotopic (exact) mass is 306 g/mol. The van der Waals surface area contributed by atoms with E-state index in [1.165, 1.54) is 11.3 Å². The molecular weight excluding hydrogens is 296 g/mol. The molecule has 1 aromatic heterocycles. The molecule has 6 heteroatoms. The molecule has 3 nitrogen and oxygen atoms in total. The van der Waals surface area contributed by atoms with Gasteiger partial charge < -0.3 is 11.1 Å². The fraction of sp³-hybridized carbons (Fsp3) is 0.333. The number of thiocarbonyl (C=S) groups is 1. The summed E-state index contributed by atoms with van der Waals surface area (Å²) in [5.74, 6) is -0.172. The average Bonchev–Trinajstić information content (AvgIpc) is 2.50. The van der Waals surface area contributed by atoms with Crippen molar-refractivity contribution >= 4 is 50.4 Å². The summed E-state index contributed by atoms with van der Waals surface area (Å²) in [5, 5.41) is 4.61. The molecule has 0 spiro atoms. The average molecular weight is 307 g/mol. The first kappa shape index (κ1) is 12.6. The van der Waals surface area contributed by atoms with Crippen molar-refractivity contribution in [2.45, 2.75) is 19.4 Å². The lowest BCUT2D eigenvalue weighted by atomic mass is 10.1. The largest absolute Gasteiger partial charge is 0.391 e. The molecule has 0 atom stereocenters. The highest BCUT2D eigenvalue weighted by Crippen LogP contribution is 2.23. The molecule has 0 aromatic carbocycles. The third-order valence-electron chi connectivity index (χ3n) is 1.87. The van der Waals surface area contributed by atoms with E-state index in [4.69, 9.17) is 18.0 Å². The molecule has 0 aliphatic rings. The maximum atomic E-state index is 11.8. The van der Waals surface area contributed by atoms with Crippen LogP contribution < -0.4 is 11.1 Å². The Labute approximate surface area is 106 Å². The minimum Gasteiger partial charge on any atom is -0.391 e. The molecule has 0 unspecified atom stereocenters. The van der Waals surface area contributed by atoms with Gasteiger partial charge in [0.25, 0.3) is 5.91 Å². The number of carbonyl (C=O) groups is 1. The van der Waals surface area contributed by atoms with Crippen LogP contribution in [0.5, 0.6) is 0 Å². The third kappa shape index (κ3) is 2.99. The van der Waals surface area contributed by atoms with E-state index in [0.717, 1.165) is 4.47 Å². The molecule has 1 aromatic rings. The number of nitrogens with one attached hydrogen (secondary N) is 1. The molecule has 0 saturated carbocycles. The van der Waals surface area contributed by atoms with Crippen molar-refractivity contribution in [3.05, 3.63) is 20.8 Å². The number of thiophene rings is 1. The summed E-state index contributed by atoms with van der Waals surface area (Å²) in [7, 11) is 0. The number of hydrogen-bond donors (Lipinski definition) is 2. The second-order valence-corrected chi connectivity index (χ2v) is 5.75. The van der Waals surface area contributed by atoms with Crippen molar-refractivity contribution in [3.8, 4) is 0 Å². The Hall–Kier alpha value is -0.460. The quantitative estimate of drug-likeness (QED) is 0.843. The van der Waals surface area contributed by atoms with Crippen LogP contribution in [0.3, 0.4) is 0 Å². The Kier molecular flexibility index (Phi) is 3.86. The molecule has 0 radical (unpaired) electrons. The first-order valence-corrected chi connectivity index (χ1v) is 6.28. The molecule has 82 valence electrons. The van der Waals surface area contributed by atoms with Gasteiger partial charge in [-0.05, 0) is 41.2 Å². The van der Waals surface area contributed by atoms with Crippen LogP contribution in [0, 0.1) is 0 Å². The fourth-order valence-corrected chi connectivity index (χ4v) is 2.36. The second-order valence-electron chi connectivity index (χ2n) is 3.54. The van der Waals surface area contributed by atoms with E-state index in [9.17, 15) is 4.79 Å². The predicted octanol–water partition coefficient (Wildman–Crippen LogP) is 2.31. The molecular formula is C9H11BrN2OS2. The normalized spacial score (nSPS) is 11.1. The van der Waals surface area contributed by atoms with Gasteiger partial charge in [0.05, 0.1) is 10.5 Å². The highest BCUT2D eigenvalue weighted by molar-refractivity contribution is 9.10. The molecule has 0 fully saturated rings. The molecule has 0 aliphatic carbocycles. The van der Waals surface area contributed by atoms with E-state index in [0.29, 0.717) is 4.88 Å². The van der Waals surface area contributed by atoms with Gasteiger partial charge >= 0.3 is 0 Å². The topological polar surface area (TPSA) is 55.1 Å². The van der Waals surface area contributed by atoms with Crippen LogP contribution in [0.4, 0.5) is 0 Å². The number of hydrogen-bond acceptors (Lipinski definition) is 3. The Balaban J connectivity index is 2.81. The molecule has 15 heavy (non-hydrogen) atoms. The maximum absolute atomic E-state index is 11.8. The summed E-state index contributed by atoms with van der Waals surface area (Å²) < 4.78 is 0.781. The smallest absolute Gasteiger partial charge is 0.263 e. The van der Waals surface area contributed by atoms with E-state index in [1.807, 2.05) is 11.4 Å². The lowest BCUT2D eigenvalue weighted by Gasteiger charge is -2.24.